The van der Waals surface area contributed by atoms with Crippen LogP contribution in [-0.2, 0) is 0 Å². The third kappa shape index (κ3) is 3.36. The van der Waals surface area contributed by atoms with Crippen molar-refractivity contribution in [3.63, 3.8) is 0 Å². The Morgan fingerprint density at radius 1 is 0.900 bits per heavy atom. The molecule has 0 spiro atoms. The average Bonchev–Trinajstić information content (AvgIpc) is 3.02. The first-order valence-corrected chi connectivity index (χ1v) is 7.27. The van der Waals surface area contributed by atoms with Crippen molar-refractivity contribution in [2.75, 3.05) is 26.2 Å². The average molecular weight is 268 g/mol. The fraction of sp³-hybridized carbons (Fsp3) is 0.353. The van der Waals surface area contributed by atoms with E-state index in [1.165, 1.54) is 37.1 Å². The van der Waals surface area contributed by atoms with Crippen LogP contribution in [0.1, 0.15) is 12.8 Å². The number of hydrogen-bond acceptors (Lipinski definition) is 3. The lowest BCUT2D eigenvalue weighted by molar-refractivity contribution is 0.238. The van der Waals surface area contributed by atoms with Crippen LogP contribution in [0.25, 0.3) is 11.1 Å². The lowest BCUT2D eigenvalue weighted by Crippen LogP contribution is -2.25. The summed E-state index contributed by atoms with van der Waals surface area (Å²) in [5.41, 5.74) is 2.38. The molecule has 0 radical (unpaired) electrons. The zero-order valence-corrected chi connectivity index (χ0v) is 11.7. The van der Waals surface area contributed by atoms with Crippen molar-refractivity contribution in [2.45, 2.75) is 12.8 Å². The number of pyridine rings is 1. The molecule has 3 nitrogen and oxygen atoms in total. The molecule has 1 saturated heterocycles. The summed E-state index contributed by atoms with van der Waals surface area (Å²) < 4.78 is 5.80. The Morgan fingerprint density at radius 2 is 1.55 bits per heavy atom. The topological polar surface area (TPSA) is 25.4 Å². The lowest BCUT2D eigenvalue weighted by Gasteiger charge is -2.15. The standard InChI is InChI=1S/C17H20N2O/c1-2-12-19(11-1)13-14-20-17-5-3-15(4-6-17)16-7-9-18-10-8-16/h3-10H,1-2,11-14H2. The molecule has 3 rings (SSSR count). The molecule has 0 amide bonds. The van der Waals surface area contributed by atoms with Crippen LogP contribution in [0, 0.1) is 0 Å². The predicted octanol–water partition coefficient (Wildman–Crippen LogP) is 3.22. The highest BCUT2D eigenvalue weighted by atomic mass is 16.5. The Hall–Kier alpha value is -1.87. The van der Waals surface area contributed by atoms with Gasteiger partial charge in [-0.1, -0.05) is 12.1 Å². The number of likely N-dealkylation sites (tertiary alicyclic amines) is 1. The highest BCUT2D eigenvalue weighted by Crippen LogP contribution is 2.21. The van der Waals surface area contributed by atoms with Crippen LogP contribution in [0.2, 0.25) is 0 Å². The molecule has 1 aliphatic heterocycles. The van der Waals surface area contributed by atoms with Gasteiger partial charge in [-0.2, -0.15) is 0 Å². The predicted molar refractivity (Wildman–Crippen MR) is 80.8 cm³/mol. The Morgan fingerprint density at radius 3 is 2.25 bits per heavy atom. The minimum Gasteiger partial charge on any atom is -0.492 e. The van der Waals surface area contributed by atoms with Crippen LogP contribution >= 0.6 is 0 Å². The molecule has 2 aromatic rings. The third-order valence-electron chi connectivity index (χ3n) is 3.74. The largest absolute Gasteiger partial charge is 0.492 e. The minimum atomic E-state index is 0.772. The van der Waals surface area contributed by atoms with E-state index in [4.69, 9.17) is 4.74 Å². The van der Waals surface area contributed by atoms with E-state index in [2.05, 4.69) is 22.0 Å². The van der Waals surface area contributed by atoms with E-state index in [0.717, 1.165) is 18.9 Å². The molecule has 1 aromatic heterocycles. The summed E-state index contributed by atoms with van der Waals surface area (Å²) in [6.45, 7) is 4.26. The second-order valence-corrected chi connectivity index (χ2v) is 5.16. The third-order valence-corrected chi connectivity index (χ3v) is 3.74. The zero-order chi connectivity index (χ0) is 13.6. The van der Waals surface area contributed by atoms with Crippen LogP contribution < -0.4 is 4.74 Å². The van der Waals surface area contributed by atoms with Gasteiger partial charge in [0.2, 0.25) is 0 Å². The van der Waals surface area contributed by atoms with E-state index in [0.29, 0.717) is 0 Å². The van der Waals surface area contributed by atoms with Gasteiger partial charge < -0.3 is 4.74 Å². The minimum absolute atomic E-state index is 0.772. The van der Waals surface area contributed by atoms with Crippen LogP contribution in [0.3, 0.4) is 0 Å². The summed E-state index contributed by atoms with van der Waals surface area (Å²) in [7, 11) is 0. The van der Waals surface area contributed by atoms with Crippen molar-refractivity contribution in [2.24, 2.45) is 0 Å². The van der Waals surface area contributed by atoms with Crippen molar-refractivity contribution in [1.29, 1.82) is 0 Å². The molecular formula is C17H20N2O. The second kappa shape index (κ2) is 6.53. The molecule has 3 heteroatoms. The van der Waals surface area contributed by atoms with Gasteiger partial charge >= 0.3 is 0 Å². The molecule has 0 N–H and O–H groups in total. The van der Waals surface area contributed by atoms with Crippen molar-refractivity contribution in [3.05, 3.63) is 48.8 Å². The van der Waals surface area contributed by atoms with Crippen molar-refractivity contribution in [3.8, 4) is 16.9 Å². The summed E-state index contributed by atoms with van der Waals surface area (Å²) in [6.07, 6.45) is 6.30. The Kier molecular flexibility index (Phi) is 4.28. The summed E-state index contributed by atoms with van der Waals surface area (Å²) in [6, 6.07) is 12.3. The quantitative estimate of drug-likeness (QED) is 0.832. The van der Waals surface area contributed by atoms with Crippen molar-refractivity contribution in [1.82, 2.24) is 9.88 Å². The molecule has 20 heavy (non-hydrogen) atoms. The van der Waals surface area contributed by atoms with Crippen LogP contribution in [0.4, 0.5) is 0 Å². The first-order chi connectivity index (χ1) is 9.92. The molecule has 1 aliphatic rings. The first kappa shape index (κ1) is 13.1. The molecule has 0 bridgehead atoms. The molecule has 2 heterocycles. The Bertz CT molecular complexity index is 518. The molecule has 1 aromatic carbocycles. The second-order valence-electron chi connectivity index (χ2n) is 5.16. The summed E-state index contributed by atoms with van der Waals surface area (Å²) in [5, 5.41) is 0. The lowest BCUT2D eigenvalue weighted by atomic mass is 10.1. The maximum Gasteiger partial charge on any atom is 0.119 e. The van der Waals surface area contributed by atoms with E-state index in [9.17, 15) is 0 Å². The fourth-order valence-corrected chi connectivity index (χ4v) is 2.59. The highest BCUT2D eigenvalue weighted by Gasteiger charge is 2.10. The summed E-state index contributed by atoms with van der Waals surface area (Å²) in [4.78, 5) is 6.50. The highest BCUT2D eigenvalue weighted by molar-refractivity contribution is 5.63. The van der Waals surface area contributed by atoms with E-state index >= 15 is 0 Å². The SMILES string of the molecule is c1cc(-c2ccc(OCCN3CCCC3)cc2)ccn1. The maximum absolute atomic E-state index is 5.80. The number of nitrogens with zero attached hydrogens (tertiary/aromatic N) is 2. The van der Waals surface area contributed by atoms with Gasteiger partial charge in [0.1, 0.15) is 12.4 Å². The van der Waals surface area contributed by atoms with Gasteiger partial charge in [0.15, 0.2) is 0 Å². The van der Waals surface area contributed by atoms with Gasteiger partial charge in [-0.05, 0) is 61.3 Å². The van der Waals surface area contributed by atoms with Gasteiger partial charge in [-0.15, -0.1) is 0 Å². The first-order valence-electron chi connectivity index (χ1n) is 7.27. The maximum atomic E-state index is 5.80. The molecule has 0 aliphatic carbocycles. The summed E-state index contributed by atoms with van der Waals surface area (Å²) >= 11 is 0. The van der Waals surface area contributed by atoms with Crippen LogP contribution in [-0.4, -0.2) is 36.1 Å². The fourth-order valence-electron chi connectivity index (χ4n) is 2.59. The van der Waals surface area contributed by atoms with Gasteiger partial charge in [-0.3, -0.25) is 9.88 Å². The van der Waals surface area contributed by atoms with Gasteiger partial charge in [0.05, 0.1) is 0 Å². The van der Waals surface area contributed by atoms with Gasteiger partial charge in [-0.25, -0.2) is 0 Å². The molecule has 0 unspecified atom stereocenters. The van der Waals surface area contributed by atoms with Crippen LogP contribution in [0.15, 0.2) is 48.8 Å². The van der Waals surface area contributed by atoms with E-state index in [1.54, 1.807) is 0 Å². The normalized spacial score (nSPS) is 15.4. The van der Waals surface area contributed by atoms with Gasteiger partial charge in [0.25, 0.3) is 0 Å². The van der Waals surface area contributed by atoms with Crippen LogP contribution in [0.5, 0.6) is 5.75 Å². The number of benzene rings is 1. The van der Waals surface area contributed by atoms with E-state index in [1.807, 2.05) is 36.7 Å². The number of hydrogen-bond donors (Lipinski definition) is 0. The molecule has 0 atom stereocenters. The summed E-state index contributed by atoms with van der Waals surface area (Å²) in [5.74, 6) is 0.946. The van der Waals surface area contributed by atoms with Crippen molar-refractivity contribution < 1.29 is 4.74 Å². The Balaban J connectivity index is 1.53. The number of aromatic nitrogens is 1. The van der Waals surface area contributed by atoms with E-state index in [-0.39, 0.29) is 0 Å². The van der Waals surface area contributed by atoms with Gasteiger partial charge in [0, 0.05) is 18.9 Å². The molecule has 0 saturated carbocycles. The molecule has 104 valence electrons. The van der Waals surface area contributed by atoms with Crippen molar-refractivity contribution >= 4 is 0 Å². The van der Waals surface area contributed by atoms with E-state index < -0.39 is 0 Å². The Labute approximate surface area is 120 Å². The zero-order valence-electron chi connectivity index (χ0n) is 11.7. The molecule has 1 fully saturated rings. The monoisotopic (exact) mass is 268 g/mol. The smallest absolute Gasteiger partial charge is 0.119 e. The number of ether oxygens (including phenoxy) is 1. The number of rotatable bonds is 5. The molecular weight excluding hydrogens is 248 g/mol.